The van der Waals surface area contributed by atoms with Crippen molar-refractivity contribution in [3.05, 3.63) is 41.2 Å². The van der Waals surface area contributed by atoms with Gasteiger partial charge in [0.05, 0.1) is 6.57 Å². The minimum Gasteiger partial charge on any atom is -0.459 e. The molecule has 1 aliphatic carbocycles. The first-order chi connectivity index (χ1) is 8.29. The fraction of sp³-hybridized carbons (Fsp3) is 0.429. The molecule has 2 rings (SSSR count). The third-order valence-corrected chi connectivity index (χ3v) is 3.04. The Morgan fingerprint density at radius 2 is 2.06 bits per heavy atom. The number of hydrogen-bond acceptors (Lipinski definition) is 2. The highest BCUT2D eigenvalue weighted by molar-refractivity contribution is 5.90. The monoisotopic (exact) mass is 229 g/mol. The smallest absolute Gasteiger partial charge is 0.337 e. The quantitative estimate of drug-likeness (QED) is 0.571. The van der Waals surface area contributed by atoms with Crippen molar-refractivity contribution < 1.29 is 9.53 Å². The molecule has 1 saturated carbocycles. The van der Waals surface area contributed by atoms with Crippen LogP contribution in [0.15, 0.2) is 24.3 Å². The maximum absolute atomic E-state index is 11.9. The minimum absolute atomic E-state index is 0.0628. The average molecular weight is 229 g/mol. The summed E-state index contributed by atoms with van der Waals surface area (Å²) >= 11 is 0. The number of carbonyl (C=O) groups excluding carboxylic acids is 1. The summed E-state index contributed by atoms with van der Waals surface area (Å²) in [4.78, 5) is 15.2. The highest BCUT2D eigenvalue weighted by atomic mass is 16.5. The maximum Gasteiger partial charge on any atom is 0.337 e. The van der Waals surface area contributed by atoms with Crippen molar-refractivity contribution in [2.24, 2.45) is 0 Å². The molecular weight excluding hydrogens is 214 g/mol. The van der Waals surface area contributed by atoms with Crippen molar-refractivity contribution in [1.82, 2.24) is 0 Å². The second kappa shape index (κ2) is 5.49. The zero-order chi connectivity index (χ0) is 12.1. The van der Waals surface area contributed by atoms with E-state index in [2.05, 4.69) is 4.85 Å². The number of nitrogens with zero attached hydrogens (tertiary/aromatic N) is 1. The molecule has 0 atom stereocenters. The van der Waals surface area contributed by atoms with Gasteiger partial charge < -0.3 is 4.74 Å². The van der Waals surface area contributed by atoms with Crippen LogP contribution >= 0.6 is 0 Å². The normalized spacial score (nSPS) is 16.2. The van der Waals surface area contributed by atoms with Gasteiger partial charge in [0.15, 0.2) is 5.69 Å². The van der Waals surface area contributed by atoms with Gasteiger partial charge in [-0.15, -0.1) is 0 Å². The summed E-state index contributed by atoms with van der Waals surface area (Å²) in [6, 6.07) is 6.67. The van der Waals surface area contributed by atoms with Crippen LogP contribution in [0.4, 0.5) is 5.69 Å². The summed E-state index contributed by atoms with van der Waals surface area (Å²) in [5.74, 6) is -0.303. The van der Waals surface area contributed by atoms with Crippen molar-refractivity contribution in [1.29, 1.82) is 0 Å². The van der Waals surface area contributed by atoms with E-state index in [0.717, 1.165) is 25.7 Å². The predicted molar refractivity (Wildman–Crippen MR) is 65.0 cm³/mol. The Morgan fingerprint density at radius 1 is 1.29 bits per heavy atom. The van der Waals surface area contributed by atoms with Crippen LogP contribution in [0.25, 0.3) is 4.85 Å². The first-order valence-electron chi connectivity index (χ1n) is 5.98. The summed E-state index contributed by atoms with van der Waals surface area (Å²) in [5, 5.41) is 0. The summed E-state index contributed by atoms with van der Waals surface area (Å²) in [6.07, 6.45) is 5.51. The van der Waals surface area contributed by atoms with E-state index in [0.29, 0.717) is 11.3 Å². The van der Waals surface area contributed by atoms with Gasteiger partial charge in [-0.1, -0.05) is 24.6 Å². The summed E-state index contributed by atoms with van der Waals surface area (Å²) < 4.78 is 5.44. The minimum atomic E-state index is -0.303. The Kier molecular flexibility index (Phi) is 3.77. The molecule has 0 aromatic heterocycles. The van der Waals surface area contributed by atoms with Crippen LogP contribution < -0.4 is 0 Å². The lowest BCUT2D eigenvalue weighted by Crippen LogP contribution is -2.20. The second-order valence-corrected chi connectivity index (χ2v) is 4.33. The van der Waals surface area contributed by atoms with E-state index in [1.54, 1.807) is 24.3 Å². The molecule has 0 saturated heterocycles. The number of hydrogen-bond donors (Lipinski definition) is 0. The van der Waals surface area contributed by atoms with Gasteiger partial charge in [-0.2, -0.15) is 0 Å². The topological polar surface area (TPSA) is 30.7 Å². The molecule has 1 aliphatic rings. The Labute approximate surface area is 101 Å². The third kappa shape index (κ3) is 3.07. The van der Waals surface area contributed by atoms with E-state index in [1.165, 1.54) is 6.42 Å². The van der Waals surface area contributed by atoms with Gasteiger partial charge in [0.2, 0.25) is 0 Å². The summed E-state index contributed by atoms with van der Waals surface area (Å²) in [6.45, 7) is 6.91. The molecule has 0 heterocycles. The molecule has 17 heavy (non-hydrogen) atoms. The molecular formula is C14H15NO2. The van der Waals surface area contributed by atoms with Crippen LogP contribution in [-0.4, -0.2) is 12.1 Å². The van der Waals surface area contributed by atoms with Gasteiger partial charge in [0, 0.05) is 5.56 Å². The van der Waals surface area contributed by atoms with Gasteiger partial charge >= 0.3 is 5.97 Å². The van der Waals surface area contributed by atoms with Crippen LogP contribution in [0, 0.1) is 6.57 Å². The zero-order valence-electron chi connectivity index (χ0n) is 9.69. The molecule has 3 heteroatoms. The highest BCUT2D eigenvalue weighted by Gasteiger charge is 2.18. The molecule has 88 valence electrons. The Bertz CT molecular complexity index is 442. The van der Waals surface area contributed by atoms with Crippen molar-refractivity contribution in [3.63, 3.8) is 0 Å². The molecule has 0 bridgehead atoms. The number of benzene rings is 1. The van der Waals surface area contributed by atoms with E-state index < -0.39 is 0 Å². The Morgan fingerprint density at radius 3 is 2.76 bits per heavy atom. The largest absolute Gasteiger partial charge is 0.459 e. The molecule has 0 aliphatic heterocycles. The van der Waals surface area contributed by atoms with Crippen LogP contribution in [0.1, 0.15) is 42.5 Å². The molecule has 0 N–H and O–H groups in total. The number of esters is 1. The SMILES string of the molecule is [C-]#[N+]c1cccc(C(=O)OC2CCCCC2)c1. The molecule has 1 fully saturated rings. The molecule has 1 aromatic rings. The predicted octanol–water partition coefficient (Wildman–Crippen LogP) is 3.73. The third-order valence-electron chi connectivity index (χ3n) is 3.04. The molecule has 0 radical (unpaired) electrons. The van der Waals surface area contributed by atoms with Crippen LogP contribution in [-0.2, 0) is 4.74 Å². The Balaban J connectivity index is 2.01. The average Bonchev–Trinajstić information content (AvgIpc) is 2.40. The van der Waals surface area contributed by atoms with Crippen LogP contribution in [0.2, 0.25) is 0 Å². The molecule has 0 unspecified atom stereocenters. The first-order valence-corrected chi connectivity index (χ1v) is 5.98. The van der Waals surface area contributed by atoms with Gasteiger partial charge in [0.1, 0.15) is 6.10 Å². The lowest BCUT2D eigenvalue weighted by molar-refractivity contribution is 0.0211. The van der Waals surface area contributed by atoms with E-state index in [4.69, 9.17) is 11.3 Å². The maximum atomic E-state index is 11.9. The van der Waals surface area contributed by atoms with Crippen molar-refractivity contribution in [3.8, 4) is 0 Å². The second-order valence-electron chi connectivity index (χ2n) is 4.33. The van der Waals surface area contributed by atoms with E-state index in [-0.39, 0.29) is 12.1 Å². The van der Waals surface area contributed by atoms with E-state index >= 15 is 0 Å². The van der Waals surface area contributed by atoms with Gasteiger partial charge in [-0.25, -0.2) is 9.64 Å². The summed E-state index contributed by atoms with van der Waals surface area (Å²) in [5.41, 5.74) is 0.951. The highest BCUT2D eigenvalue weighted by Crippen LogP contribution is 2.22. The van der Waals surface area contributed by atoms with Crippen LogP contribution in [0.5, 0.6) is 0 Å². The van der Waals surface area contributed by atoms with Gasteiger partial charge in [-0.3, -0.25) is 0 Å². The Hall–Kier alpha value is -1.82. The molecule has 0 amide bonds. The number of rotatable bonds is 2. The van der Waals surface area contributed by atoms with Crippen molar-refractivity contribution in [2.45, 2.75) is 38.2 Å². The van der Waals surface area contributed by atoms with E-state index in [9.17, 15) is 4.79 Å². The van der Waals surface area contributed by atoms with Gasteiger partial charge in [0.25, 0.3) is 0 Å². The van der Waals surface area contributed by atoms with Crippen LogP contribution in [0.3, 0.4) is 0 Å². The number of ether oxygens (including phenoxy) is 1. The fourth-order valence-electron chi connectivity index (χ4n) is 2.10. The first kappa shape index (κ1) is 11.7. The van der Waals surface area contributed by atoms with Crippen molar-refractivity contribution >= 4 is 11.7 Å². The van der Waals surface area contributed by atoms with E-state index in [1.807, 2.05) is 0 Å². The fourth-order valence-corrected chi connectivity index (χ4v) is 2.10. The molecule has 1 aromatic carbocycles. The molecule has 3 nitrogen and oxygen atoms in total. The van der Waals surface area contributed by atoms with Crippen molar-refractivity contribution in [2.75, 3.05) is 0 Å². The lowest BCUT2D eigenvalue weighted by Gasteiger charge is -2.21. The van der Waals surface area contributed by atoms with Gasteiger partial charge in [-0.05, 0) is 31.7 Å². The zero-order valence-corrected chi connectivity index (χ0v) is 9.69. The standard InChI is InChI=1S/C14H15NO2/c1-15-12-7-5-6-11(10-12)14(16)17-13-8-3-2-4-9-13/h5-7,10,13H,2-4,8-9H2. The molecule has 0 spiro atoms. The summed E-state index contributed by atoms with van der Waals surface area (Å²) in [7, 11) is 0. The lowest BCUT2D eigenvalue weighted by atomic mass is 9.98. The number of carbonyl (C=O) groups is 1.